The van der Waals surface area contributed by atoms with E-state index in [9.17, 15) is 9.18 Å². The molecule has 0 radical (unpaired) electrons. The molecule has 28 heavy (non-hydrogen) atoms. The van der Waals surface area contributed by atoms with Gasteiger partial charge < -0.3 is 5.32 Å². The summed E-state index contributed by atoms with van der Waals surface area (Å²) in [6, 6.07) is 21.1. The van der Waals surface area contributed by atoms with Crippen molar-refractivity contribution in [1.29, 1.82) is 0 Å². The zero-order chi connectivity index (χ0) is 19.3. The first-order valence-corrected chi connectivity index (χ1v) is 8.77. The van der Waals surface area contributed by atoms with Gasteiger partial charge >= 0.3 is 0 Å². The average Bonchev–Trinajstić information content (AvgIpc) is 3.22. The van der Waals surface area contributed by atoms with Crippen LogP contribution in [0.25, 0.3) is 11.1 Å². The van der Waals surface area contributed by atoms with Crippen molar-refractivity contribution in [3.05, 3.63) is 102 Å². The summed E-state index contributed by atoms with van der Waals surface area (Å²) in [5.74, 6) is -0.513. The molecule has 1 aromatic heterocycles. The van der Waals surface area contributed by atoms with E-state index >= 15 is 0 Å². The minimum absolute atomic E-state index is 0.216. The third kappa shape index (κ3) is 3.96. The Bertz CT molecular complexity index is 1110. The molecule has 3 aromatic carbocycles. The molecule has 0 aliphatic heterocycles. The Morgan fingerprint density at radius 1 is 0.964 bits per heavy atom. The standard InChI is InChI=1S/C22H17FN4O/c23-19-8-3-6-16(11-19)17-7-4-9-20(12-17)26-22(28)21-10-2-1-5-18(21)13-27-15-24-14-25-27/h1-12,14-15H,13H2,(H,26,28). The second-order valence-electron chi connectivity index (χ2n) is 6.30. The highest BCUT2D eigenvalue weighted by atomic mass is 19.1. The van der Waals surface area contributed by atoms with Crippen molar-refractivity contribution in [2.45, 2.75) is 6.54 Å². The lowest BCUT2D eigenvalue weighted by molar-refractivity contribution is 0.102. The molecule has 0 aliphatic rings. The molecule has 1 amide bonds. The van der Waals surface area contributed by atoms with Crippen LogP contribution in [-0.4, -0.2) is 20.7 Å². The summed E-state index contributed by atoms with van der Waals surface area (Å²) in [5.41, 5.74) is 3.62. The Morgan fingerprint density at radius 3 is 2.54 bits per heavy atom. The van der Waals surface area contributed by atoms with E-state index in [1.54, 1.807) is 29.2 Å². The van der Waals surface area contributed by atoms with Gasteiger partial charge in [0.1, 0.15) is 18.5 Å². The molecule has 1 heterocycles. The molecular formula is C22H17FN4O. The van der Waals surface area contributed by atoms with Crippen molar-refractivity contribution >= 4 is 11.6 Å². The van der Waals surface area contributed by atoms with Crippen molar-refractivity contribution in [2.24, 2.45) is 0 Å². The quantitative estimate of drug-likeness (QED) is 0.565. The van der Waals surface area contributed by atoms with Crippen LogP contribution in [-0.2, 0) is 6.54 Å². The first-order chi connectivity index (χ1) is 13.7. The van der Waals surface area contributed by atoms with Gasteiger partial charge in [-0.2, -0.15) is 5.10 Å². The first kappa shape index (κ1) is 17.6. The molecule has 5 nitrogen and oxygen atoms in total. The summed E-state index contributed by atoms with van der Waals surface area (Å²) in [4.78, 5) is 16.8. The number of carbonyl (C=O) groups is 1. The van der Waals surface area contributed by atoms with Crippen LogP contribution in [0.15, 0.2) is 85.5 Å². The van der Waals surface area contributed by atoms with E-state index in [0.717, 1.165) is 16.7 Å². The van der Waals surface area contributed by atoms with Gasteiger partial charge in [0.05, 0.1) is 6.54 Å². The number of hydrogen-bond acceptors (Lipinski definition) is 3. The Hall–Kier alpha value is -3.80. The zero-order valence-corrected chi connectivity index (χ0v) is 14.9. The van der Waals surface area contributed by atoms with Crippen molar-refractivity contribution in [1.82, 2.24) is 14.8 Å². The summed E-state index contributed by atoms with van der Waals surface area (Å²) < 4.78 is 15.2. The van der Waals surface area contributed by atoms with E-state index in [1.807, 2.05) is 42.5 Å². The first-order valence-electron chi connectivity index (χ1n) is 8.77. The fourth-order valence-corrected chi connectivity index (χ4v) is 3.01. The number of hydrogen-bond donors (Lipinski definition) is 1. The van der Waals surface area contributed by atoms with Crippen LogP contribution in [0.2, 0.25) is 0 Å². The highest BCUT2D eigenvalue weighted by Gasteiger charge is 2.12. The molecule has 0 unspecified atom stereocenters. The maximum atomic E-state index is 13.5. The third-order valence-electron chi connectivity index (χ3n) is 4.34. The Balaban J connectivity index is 1.57. The highest BCUT2D eigenvalue weighted by molar-refractivity contribution is 6.05. The summed E-state index contributed by atoms with van der Waals surface area (Å²) in [7, 11) is 0. The van der Waals surface area contributed by atoms with E-state index in [0.29, 0.717) is 17.8 Å². The lowest BCUT2D eigenvalue weighted by Gasteiger charge is -2.11. The molecular weight excluding hydrogens is 355 g/mol. The maximum Gasteiger partial charge on any atom is 0.256 e. The molecule has 0 spiro atoms. The number of nitrogens with zero attached hydrogens (tertiary/aromatic N) is 3. The maximum absolute atomic E-state index is 13.5. The molecule has 0 saturated carbocycles. The minimum Gasteiger partial charge on any atom is -0.322 e. The van der Waals surface area contributed by atoms with Crippen LogP contribution in [0.1, 0.15) is 15.9 Å². The van der Waals surface area contributed by atoms with Gasteiger partial charge in [0.2, 0.25) is 0 Å². The van der Waals surface area contributed by atoms with E-state index in [2.05, 4.69) is 15.4 Å². The van der Waals surface area contributed by atoms with E-state index in [-0.39, 0.29) is 11.7 Å². The second kappa shape index (κ2) is 7.84. The van der Waals surface area contributed by atoms with Crippen LogP contribution in [0, 0.1) is 5.82 Å². The number of anilines is 1. The molecule has 138 valence electrons. The summed E-state index contributed by atoms with van der Waals surface area (Å²) in [6.07, 6.45) is 3.07. The number of benzene rings is 3. The smallest absolute Gasteiger partial charge is 0.256 e. The second-order valence-corrected chi connectivity index (χ2v) is 6.30. The van der Waals surface area contributed by atoms with Crippen molar-refractivity contribution in [3.8, 4) is 11.1 Å². The summed E-state index contributed by atoms with van der Waals surface area (Å²) in [5, 5.41) is 7.02. The number of aromatic nitrogens is 3. The molecule has 0 saturated heterocycles. The third-order valence-corrected chi connectivity index (χ3v) is 4.34. The SMILES string of the molecule is O=C(Nc1cccc(-c2cccc(F)c2)c1)c1ccccc1Cn1cncn1. The minimum atomic E-state index is -0.297. The molecule has 1 N–H and O–H groups in total. The van der Waals surface area contributed by atoms with Crippen LogP contribution >= 0.6 is 0 Å². The topological polar surface area (TPSA) is 59.8 Å². The molecule has 6 heteroatoms. The number of amides is 1. The Labute approximate surface area is 161 Å². The van der Waals surface area contributed by atoms with Crippen molar-refractivity contribution < 1.29 is 9.18 Å². The Kier molecular flexibility index (Phi) is 4.93. The largest absolute Gasteiger partial charge is 0.322 e. The monoisotopic (exact) mass is 372 g/mol. The van der Waals surface area contributed by atoms with Crippen LogP contribution in [0.4, 0.5) is 10.1 Å². The van der Waals surface area contributed by atoms with Gasteiger partial charge in [0.15, 0.2) is 0 Å². The molecule has 4 rings (SSSR count). The highest BCUT2D eigenvalue weighted by Crippen LogP contribution is 2.24. The molecule has 0 bridgehead atoms. The van der Waals surface area contributed by atoms with Gasteiger partial charge in [0.25, 0.3) is 5.91 Å². The number of nitrogens with one attached hydrogen (secondary N) is 1. The van der Waals surface area contributed by atoms with E-state index in [4.69, 9.17) is 0 Å². The predicted octanol–water partition coefficient (Wildman–Crippen LogP) is 4.38. The Morgan fingerprint density at radius 2 is 1.75 bits per heavy atom. The molecule has 0 fully saturated rings. The van der Waals surface area contributed by atoms with Crippen LogP contribution < -0.4 is 5.32 Å². The van der Waals surface area contributed by atoms with Crippen molar-refractivity contribution in [3.63, 3.8) is 0 Å². The summed E-state index contributed by atoms with van der Waals surface area (Å²) >= 11 is 0. The normalized spacial score (nSPS) is 10.6. The van der Waals surface area contributed by atoms with Crippen molar-refractivity contribution in [2.75, 3.05) is 5.32 Å². The van der Waals surface area contributed by atoms with Gasteiger partial charge in [-0.15, -0.1) is 0 Å². The lowest BCUT2D eigenvalue weighted by Crippen LogP contribution is -2.15. The number of halogens is 1. The molecule has 0 atom stereocenters. The van der Waals surface area contributed by atoms with Gasteiger partial charge in [-0.1, -0.05) is 42.5 Å². The zero-order valence-electron chi connectivity index (χ0n) is 14.9. The number of carbonyl (C=O) groups excluding carboxylic acids is 1. The van der Waals surface area contributed by atoms with Gasteiger partial charge in [-0.25, -0.2) is 14.1 Å². The van der Waals surface area contributed by atoms with Gasteiger partial charge in [-0.3, -0.25) is 4.79 Å². The van der Waals surface area contributed by atoms with E-state index < -0.39 is 0 Å². The van der Waals surface area contributed by atoms with Crippen LogP contribution in [0.3, 0.4) is 0 Å². The number of rotatable bonds is 5. The average molecular weight is 372 g/mol. The fourth-order valence-electron chi connectivity index (χ4n) is 3.01. The fraction of sp³-hybridized carbons (Fsp3) is 0.0455. The van der Waals surface area contributed by atoms with Gasteiger partial charge in [-0.05, 0) is 47.0 Å². The lowest BCUT2D eigenvalue weighted by atomic mass is 10.0. The van der Waals surface area contributed by atoms with Gasteiger partial charge in [0, 0.05) is 11.3 Å². The molecule has 4 aromatic rings. The predicted molar refractivity (Wildman–Crippen MR) is 105 cm³/mol. The molecule has 0 aliphatic carbocycles. The summed E-state index contributed by atoms with van der Waals surface area (Å²) in [6.45, 7) is 0.451. The van der Waals surface area contributed by atoms with Crippen LogP contribution in [0.5, 0.6) is 0 Å². The van der Waals surface area contributed by atoms with E-state index in [1.165, 1.54) is 18.5 Å².